The number of pyridine rings is 1. The molecule has 3 heterocycles. The third-order valence-electron chi connectivity index (χ3n) is 2.91. The number of rotatable bonds is 3. The van der Waals surface area contributed by atoms with Gasteiger partial charge in [0.1, 0.15) is 11.5 Å². The molecule has 20 heavy (non-hydrogen) atoms. The van der Waals surface area contributed by atoms with E-state index in [1.807, 2.05) is 6.92 Å². The summed E-state index contributed by atoms with van der Waals surface area (Å²) in [6.45, 7) is 2.07. The van der Waals surface area contributed by atoms with E-state index in [1.54, 1.807) is 30.7 Å². The summed E-state index contributed by atoms with van der Waals surface area (Å²) in [7, 11) is 0. The molecule has 102 valence electrons. The normalized spacial score (nSPS) is 10.9. The Morgan fingerprint density at radius 2 is 2.40 bits per heavy atom. The summed E-state index contributed by atoms with van der Waals surface area (Å²) >= 11 is 0. The lowest BCUT2D eigenvalue weighted by Gasteiger charge is -2.00. The maximum absolute atomic E-state index is 14.1. The van der Waals surface area contributed by atoms with Gasteiger partial charge in [0.15, 0.2) is 5.69 Å². The zero-order valence-corrected chi connectivity index (χ0v) is 10.7. The van der Waals surface area contributed by atoms with E-state index in [9.17, 15) is 9.18 Å². The number of aromatic nitrogens is 4. The number of halogens is 1. The lowest BCUT2D eigenvalue weighted by atomic mass is 10.3. The number of nitrogens with zero attached hydrogens (tertiary/aromatic N) is 3. The van der Waals surface area contributed by atoms with Crippen molar-refractivity contribution in [3.05, 3.63) is 53.8 Å². The van der Waals surface area contributed by atoms with Crippen LogP contribution in [-0.2, 0) is 6.54 Å². The number of imidazole rings is 2. The van der Waals surface area contributed by atoms with Crippen molar-refractivity contribution < 1.29 is 9.18 Å². The number of hydrogen-bond donors (Lipinski definition) is 2. The molecule has 0 aliphatic rings. The van der Waals surface area contributed by atoms with Crippen LogP contribution < -0.4 is 5.32 Å². The summed E-state index contributed by atoms with van der Waals surface area (Å²) in [4.78, 5) is 22.8. The number of hydrogen-bond acceptors (Lipinski definition) is 3. The maximum atomic E-state index is 14.1. The molecular formula is C13H12FN5O. The second-order valence-electron chi connectivity index (χ2n) is 4.40. The number of H-pyrrole nitrogens is 1. The Bertz CT molecular complexity index is 763. The van der Waals surface area contributed by atoms with E-state index in [-0.39, 0.29) is 12.2 Å². The molecule has 1 amide bonds. The molecule has 2 N–H and O–H groups in total. The van der Waals surface area contributed by atoms with Crippen LogP contribution in [0.3, 0.4) is 0 Å². The molecule has 0 unspecified atom stereocenters. The number of carbonyl (C=O) groups is 1. The maximum Gasteiger partial charge on any atom is 0.275 e. The summed E-state index contributed by atoms with van der Waals surface area (Å²) < 4.78 is 15.3. The van der Waals surface area contributed by atoms with E-state index in [0.29, 0.717) is 11.5 Å². The number of amides is 1. The van der Waals surface area contributed by atoms with Crippen LogP contribution in [0.2, 0.25) is 0 Å². The van der Waals surface area contributed by atoms with E-state index in [4.69, 9.17) is 0 Å². The summed E-state index contributed by atoms with van der Waals surface area (Å²) in [6, 6.07) is 3.47. The quantitative estimate of drug-likeness (QED) is 0.758. The molecule has 0 aliphatic heterocycles. The fourth-order valence-electron chi connectivity index (χ4n) is 1.90. The Morgan fingerprint density at radius 3 is 3.15 bits per heavy atom. The highest BCUT2D eigenvalue weighted by molar-refractivity contribution is 5.93. The first-order chi connectivity index (χ1) is 9.65. The number of carbonyl (C=O) groups excluding carboxylic acids is 1. The van der Waals surface area contributed by atoms with Gasteiger partial charge < -0.3 is 10.3 Å². The van der Waals surface area contributed by atoms with Gasteiger partial charge in [0.25, 0.3) is 5.91 Å². The van der Waals surface area contributed by atoms with E-state index in [2.05, 4.69) is 20.3 Å². The zero-order chi connectivity index (χ0) is 14.1. The van der Waals surface area contributed by atoms with Gasteiger partial charge in [-0.25, -0.2) is 9.97 Å². The predicted octanol–water partition coefficient (Wildman–Crippen LogP) is 1.43. The Morgan fingerprint density at radius 1 is 1.55 bits per heavy atom. The van der Waals surface area contributed by atoms with Crippen LogP contribution in [0.4, 0.5) is 4.39 Å². The van der Waals surface area contributed by atoms with Crippen molar-refractivity contribution in [1.29, 1.82) is 0 Å². The third kappa shape index (κ3) is 2.13. The van der Waals surface area contributed by atoms with Gasteiger partial charge in [0, 0.05) is 18.6 Å². The molecule has 0 fully saturated rings. The molecule has 0 aliphatic carbocycles. The monoisotopic (exact) mass is 273 g/mol. The Kier molecular flexibility index (Phi) is 2.94. The molecule has 6 nitrogen and oxygen atoms in total. The van der Waals surface area contributed by atoms with Crippen molar-refractivity contribution in [3.8, 4) is 0 Å². The SMILES string of the molecule is Cc1ccn2c(F)c(C(=O)NCc3ncc[nH]3)nc2c1. The van der Waals surface area contributed by atoms with Crippen LogP contribution >= 0.6 is 0 Å². The molecule has 3 rings (SSSR count). The lowest BCUT2D eigenvalue weighted by Crippen LogP contribution is -2.24. The van der Waals surface area contributed by atoms with Crippen LogP contribution in [0.25, 0.3) is 5.65 Å². The second kappa shape index (κ2) is 4.76. The number of nitrogens with one attached hydrogen (secondary N) is 2. The highest BCUT2D eigenvalue weighted by Gasteiger charge is 2.18. The topological polar surface area (TPSA) is 75.1 Å². The molecule has 0 aromatic carbocycles. The van der Waals surface area contributed by atoms with Crippen molar-refractivity contribution in [2.24, 2.45) is 0 Å². The van der Waals surface area contributed by atoms with Gasteiger partial charge in [-0.05, 0) is 24.6 Å². The summed E-state index contributed by atoms with van der Waals surface area (Å²) in [6.07, 6.45) is 4.78. The molecule has 7 heteroatoms. The first kappa shape index (κ1) is 12.3. The van der Waals surface area contributed by atoms with Gasteiger partial charge in [-0.15, -0.1) is 0 Å². The lowest BCUT2D eigenvalue weighted by molar-refractivity contribution is 0.0941. The van der Waals surface area contributed by atoms with E-state index < -0.39 is 11.9 Å². The van der Waals surface area contributed by atoms with E-state index in [0.717, 1.165) is 5.56 Å². The van der Waals surface area contributed by atoms with Crippen molar-refractivity contribution >= 4 is 11.6 Å². The second-order valence-corrected chi connectivity index (χ2v) is 4.40. The average molecular weight is 273 g/mol. The molecule has 0 bridgehead atoms. The van der Waals surface area contributed by atoms with Crippen LogP contribution in [0.1, 0.15) is 21.9 Å². The van der Waals surface area contributed by atoms with Crippen LogP contribution in [0.5, 0.6) is 0 Å². The standard InChI is InChI=1S/C13H12FN5O/c1-8-2-5-19-10(6-8)18-11(12(19)14)13(20)17-7-9-15-3-4-16-9/h2-6H,7H2,1H3,(H,15,16)(H,17,20). The largest absolute Gasteiger partial charge is 0.347 e. The molecule has 3 aromatic heterocycles. The van der Waals surface area contributed by atoms with Crippen LogP contribution in [0.15, 0.2) is 30.7 Å². The van der Waals surface area contributed by atoms with Crippen molar-refractivity contribution in [1.82, 2.24) is 24.7 Å². The van der Waals surface area contributed by atoms with Crippen molar-refractivity contribution in [2.45, 2.75) is 13.5 Å². The van der Waals surface area contributed by atoms with Gasteiger partial charge >= 0.3 is 0 Å². The van der Waals surface area contributed by atoms with Gasteiger partial charge in [-0.1, -0.05) is 0 Å². The fourth-order valence-corrected chi connectivity index (χ4v) is 1.90. The minimum atomic E-state index is -0.669. The van der Waals surface area contributed by atoms with E-state index in [1.165, 1.54) is 4.40 Å². The molecular weight excluding hydrogens is 261 g/mol. The molecule has 0 radical (unpaired) electrons. The Hall–Kier alpha value is -2.70. The number of fused-ring (bicyclic) bond motifs is 1. The molecule has 0 saturated carbocycles. The molecule has 3 aromatic rings. The van der Waals surface area contributed by atoms with Crippen LogP contribution in [0, 0.1) is 12.9 Å². The van der Waals surface area contributed by atoms with Crippen molar-refractivity contribution in [2.75, 3.05) is 0 Å². The Balaban J connectivity index is 1.85. The zero-order valence-electron chi connectivity index (χ0n) is 10.7. The van der Waals surface area contributed by atoms with Crippen LogP contribution in [-0.4, -0.2) is 25.3 Å². The fraction of sp³-hybridized carbons (Fsp3) is 0.154. The van der Waals surface area contributed by atoms with Gasteiger partial charge in [0.2, 0.25) is 5.95 Å². The minimum Gasteiger partial charge on any atom is -0.347 e. The highest BCUT2D eigenvalue weighted by Crippen LogP contribution is 2.12. The van der Waals surface area contributed by atoms with Gasteiger partial charge in [0.05, 0.1) is 6.54 Å². The number of aromatic amines is 1. The van der Waals surface area contributed by atoms with Crippen molar-refractivity contribution in [3.63, 3.8) is 0 Å². The number of aryl methyl sites for hydroxylation is 1. The molecule has 0 atom stereocenters. The third-order valence-corrected chi connectivity index (χ3v) is 2.91. The van der Waals surface area contributed by atoms with Gasteiger partial charge in [-0.3, -0.25) is 9.20 Å². The van der Waals surface area contributed by atoms with Gasteiger partial charge in [-0.2, -0.15) is 4.39 Å². The first-order valence-corrected chi connectivity index (χ1v) is 6.06. The predicted molar refractivity (Wildman–Crippen MR) is 69.6 cm³/mol. The minimum absolute atomic E-state index is 0.193. The first-order valence-electron chi connectivity index (χ1n) is 6.06. The highest BCUT2D eigenvalue weighted by atomic mass is 19.1. The Labute approximate surface area is 113 Å². The molecule has 0 spiro atoms. The average Bonchev–Trinajstić information content (AvgIpc) is 3.04. The molecule has 0 saturated heterocycles. The van der Waals surface area contributed by atoms with E-state index >= 15 is 0 Å². The summed E-state index contributed by atoms with van der Waals surface area (Å²) in [5, 5.41) is 2.57. The summed E-state index contributed by atoms with van der Waals surface area (Å²) in [5.41, 5.74) is 1.14. The smallest absolute Gasteiger partial charge is 0.275 e. The summed E-state index contributed by atoms with van der Waals surface area (Å²) in [5.74, 6) is -0.643.